The van der Waals surface area contributed by atoms with Crippen LogP contribution < -0.4 is 5.32 Å². The van der Waals surface area contributed by atoms with E-state index in [1.165, 1.54) is 24.1 Å². The summed E-state index contributed by atoms with van der Waals surface area (Å²) in [5, 5.41) is 14.9. The second kappa shape index (κ2) is 6.53. The molecule has 0 aromatic carbocycles. The van der Waals surface area contributed by atoms with Gasteiger partial charge in [0.2, 0.25) is 0 Å². The van der Waals surface area contributed by atoms with Gasteiger partial charge in [-0.3, -0.25) is 0 Å². The van der Waals surface area contributed by atoms with E-state index in [0.717, 1.165) is 23.9 Å². The van der Waals surface area contributed by atoms with Crippen molar-refractivity contribution in [3.05, 3.63) is 20.8 Å². The summed E-state index contributed by atoms with van der Waals surface area (Å²) in [5.74, 6) is 0.195. The average molecular weight is 313 g/mol. The van der Waals surface area contributed by atoms with Gasteiger partial charge in [-0.25, -0.2) is 0 Å². The van der Waals surface area contributed by atoms with Crippen molar-refractivity contribution in [2.45, 2.75) is 44.7 Å². The lowest BCUT2D eigenvalue weighted by atomic mass is 9.96. The van der Waals surface area contributed by atoms with Gasteiger partial charge in [0.15, 0.2) is 0 Å². The second-order valence-corrected chi connectivity index (χ2v) is 6.50. The van der Waals surface area contributed by atoms with Crippen LogP contribution in [0.2, 0.25) is 0 Å². The molecule has 2 rings (SSSR count). The highest BCUT2D eigenvalue weighted by molar-refractivity contribution is 9.10. The van der Waals surface area contributed by atoms with Crippen LogP contribution in [-0.2, 0) is 6.54 Å². The Kier molecular flexibility index (Phi) is 5.02. The number of hydrogen-bond acceptors (Lipinski definition) is 3. The van der Waals surface area contributed by atoms with Crippen LogP contribution in [0.4, 0.5) is 0 Å². The molecule has 92 valence electrons. The minimum atomic E-state index is 0.195. The quantitative estimate of drug-likeness (QED) is 0.854. The number of nitrogens with one attached hydrogen (secondary N) is 1. The van der Waals surface area contributed by atoms with Crippen LogP contribution in [0.25, 0.3) is 0 Å². The van der Waals surface area contributed by atoms with E-state index in [0.29, 0.717) is 6.04 Å². The van der Waals surface area contributed by atoms with Crippen molar-refractivity contribution in [3.63, 3.8) is 0 Å². The summed E-state index contributed by atoms with van der Waals surface area (Å²) in [4.78, 5) is 1.33. The Morgan fingerprint density at radius 2 is 2.24 bits per heavy atom. The summed E-state index contributed by atoms with van der Waals surface area (Å²) < 4.78 is 1.15. The molecule has 1 fully saturated rings. The second-order valence-electron chi connectivity index (χ2n) is 4.59. The van der Waals surface area contributed by atoms with E-state index < -0.39 is 0 Å². The monoisotopic (exact) mass is 312 g/mol. The number of hydrogen-bond donors (Lipinski definition) is 1. The first-order chi connectivity index (χ1) is 8.29. The van der Waals surface area contributed by atoms with Crippen molar-refractivity contribution in [2.24, 2.45) is 5.92 Å². The molecule has 1 aliphatic rings. The van der Waals surface area contributed by atoms with Crippen molar-refractivity contribution < 1.29 is 0 Å². The van der Waals surface area contributed by atoms with Crippen LogP contribution in [0.1, 0.15) is 37.0 Å². The van der Waals surface area contributed by atoms with Crippen molar-refractivity contribution in [1.29, 1.82) is 5.26 Å². The van der Waals surface area contributed by atoms with E-state index in [1.54, 1.807) is 11.3 Å². The lowest BCUT2D eigenvalue weighted by Gasteiger charge is -2.20. The first kappa shape index (κ1) is 13.1. The predicted molar refractivity (Wildman–Crippen MR) is 74.8 cm³/mol. The van der Waals surface area contributed by atoms with Gasteiger partial charge in [-0.15, -0.1) is 11.3 Å². The first-order valence-electron chi connectivity index (χ1n) is 6.15. The van der Waals surface area contributed by atoms with Crippen molar-refractivity contribution in [1.82, 2.24) is 5.32 Å². The van der Waals surface area contributed by atoms with Gasteiger partial charge in [0.05, 0.1) is 12.0 Å². The first-order valence-corrected chi connectivity index (χ1v) is 7.83. The Balaban J connectivity index is 1.90. The van der Waals surface area contributed by atoms with E-state index in [-0.39, 0.29) is 5.92 Å². The summed E-state index contributed by atoms with van der Waals surface area (Å²) >= 11 is 5.23. The Hall–Kier alpha value is -0.370. The molecule has 0 amide bonds. The minimum Gasteiger partial charge on any atom is -0.308 e. The summed E-state index contributed by atoms with van der Waals surface area (Å²) in [6, 6.07) is 4.99. The summed E-state index contributed by atoms with van der Waals surface area (Å²) in [6.45, 7) is 0.888. The van der Waals surface area contributed by atoms with Crippen LogP contribution in [0.15, 0.2) is 15.9 Å². The summed E-state index contributed by atoms with van der Waals surface area (Å²) in [7, 11) is 0. The van der Waals surface area contributed by atoms with Crippen molar-refractivity contribution in [3.8, 4) is 6.07 Å². The number of halogens is 1. The molecular formula is C13H17BrN2S. The van der Waals surface area contributed by atoms with Gasteiger partial charge in [0, 0.05) is 27.3 Å². The zero-order valence-electron chi connectivity index (χ0n) is 9.79. The molecule has 1 aromatic heterocycles. The Bertz CT molecular complexity index is 396. The molecule has 1 N–H and O–H groups in total. The maximum Gasteiger partial charge on any atom is 0.0672 e. The molecular weight excluding hydrogens is 296 g/mol. The molecule has 2 nitrogen and oxygen atoms in total. The van der Waals surface area contributed by atoms with Crippen LogP contribution in [0.5, 0.6) is 0 Å². The maximum atomic E-state index is 9.19. The van der Waals surface area contributed by atoms with Crippen molar-refractivity contribution >= 4 is 27.3 Å². The molecule has 0 saturated heterocycles. The predicted octanol–water partition coefficient (Wildman–Crippen LogP) is 4.07. The molecule has 0 radical (unpaired) electrons. The minimum absolute atomic E-state index is 0.195. The molecule has 0 bridgehead atoms. The van der Waals surface area contributed by atoms with Crippen LogP contribution in [-0.4, -0.2) is 6.04 Å². The lowest BCUT2D eigenvalue weighted by Crippen LogP contribution is -2.34. The maximum absolute atomic E-state index is 9.19. The van der Waals surface area contributed by atoms with E-state index in [2.05, 4.69) is 38.8 Å². The normalized spacial score (nSPS) is 25.2. The average Bonchev–Trinajstić information content (AvgIpc) is 2.63. The highest BCUT2D eigenvalue weighted by atomic mass is 79.9. The Labute approximate surface area is 115 Å². The van der Waals surface area contributed by atoms with E-state index in [1.807, 2.05) is 0 Å². The molecule has 2 unspecified atom stereocenters. The molecule has 1 aromatic rings. The summed E-state index contributed by atoms with van der Waals surface area (Å²) in [5.41, 5.74) is 0. The van der Waals surface area contributed by atoms with Gasteiger partial charge < -0.3 is 5.32 Å². The summed E-state index contributed by atoms with van der Waals surface area (Å²) in [6.07, 6.45) is 5.94. The van der Waals surface area contributed by atoms with Gasteiger partial charge in [0.1, 0.15) is 0 Å². The van der Waals surface area contributed by atoms with E-state index >= 15 is 0 Å². The number of nitriles is 1. The molecule has 1 aliphatic carbocycles. The van der Waals surface area contributed by atoms with Gasteiger partial charge in [-0.1, -0.05) is 19.3 Å². The highest BCUT2D eigenvalue weighted by Gasteiger charge is 2.22. The third-order valence-electron chi connectivity index (χ3n) is 3.34. The fourth-order valence-corrected chi connectivity index (χ4v) is 3.79. The highest BCUT2D eigenvalue weighted by Crippen LogP contribution is 2.24. The van der Waals surface area contributed by atoms with Gasteiger partial charge in [-0.2, -0.15) is 5.26 Å². The zero-order valence-corrected chi connectivity index (χ0v) is 12.2. The Morgan fingerprint density at radius 3 is 2.94 bits per heavy atom. The molecule has 1 heterocycles. The van der Waals surface area contributed by atoms with Gasteiger partial charge in [0.25, 0.3) is 0 Å². The topological polar surface area (TPSA) is 35.8 Å². The number of nitrogens with zero attached hydrogens (tertiary/aromatic N) is 1. The Morgan fingerprint density at radius 1 is 1.41 bits per heavy atom. The molecule has 0 spiro atoms. The fourth-order valence-electron chi connectivity index (χ4n) is 2.38. The molecule has 2 atom stereocenters. The largest absolute Gasteiger partial charge is 0.308 e. The van der Waals surface area contributed by atoms with Crippen LogP contribution in [0, 0.1) is 17.2 Å². The van der Waals surface area contributed by atoms with Crippen LogP contribution >= 0.6 is 27.3 Å². The third-order valence-corrected chi connectivity index (χ3v) is 5.04. The molecule has 17 heavy (non-hydrogen) atoms. The van der Waals surface area contributed by atoms with E-state index in [4.69, 9.17) is 0 Å². The standard InChI is InChI=1S/C13H17BrN2S/c14-11-6-12(17-9-11)8-16-13-5-3-1-2-4-10(13)7-15/h6,9-10,13,16H,1-5,8H2. The molecule has 4 heteroatoms. The van der Waals surface area contributed by atoms with Gasteiger partial charge in [-0.05, 0) is 34.8 Å². The van der Waals surface area contributed by atoms with Crippen LogP contribution in [0.3, 0.4) is 0 Å². The number of rotatable bonds is 3. The zero-order chi connectivity index (χ0) is 12.1. The third kappa shape index (κ3) is 3.80. The number of thiophene rings is 1. The molecule has 1 saturated carbocycles. The fraction of sp³-hybridized carbons (Fsp3) is 0.615. The van der Waals surface area contributed by atoms with Gasteiger partial charge >= 0.3 is 0 Å². The SMILES string of the molecule is N#CC1CCCCCC1NCc1cc(Br)cs1. The van der Waals surface area contributed by atoms with Crippen molar-refractivity contribution in [2.75, 3.05) is 0 Å². The smallest absolute Gasteiger partial charge is 0.0672 e. The lowest BCUT2D eigenvalue weighted by molar-refractivity contribution is 0.395. The van der Waals surface area contributed by atoms with E-state index in [9.17, 15) is 5.26 Å². The molecule has 0 aliphatic heterocycles.